The van der Waals surface area contributed by atoms with Gasteiger partial charge in [-0.05, 0) is 26.3 Å². The molecule has 2 fully saturated rings. The van der Waals surface area contributed by atoms with E-state index in [-0.39, 0.29) is 24.1 Å². The first-order valence-electron chi connectivity index (χ1n) is 8.82. The molecule has 1 aromatic rings. The molecule has 0 N–H and O–H groups in total. The molecule has 3 aliphatic rings. The highest BCUT2D eigenvalue weighted by Crippen LogP contribution is 2.52. The van der Waals surface area contributed by atoms with Gasteiger partial charge in [0.25, 0.3) is 0 Å². The molecular formula is C20H23NO4. The van der Waals surface area contributed by atoms with Gasteiger partial charge in [0.1, 0.15) is 11.5 Å². The summed E-state index contributed by atoms with van der Waals surface area (Å²) in [6.45, 7) is 6.69. The van der Waals surface area contributed by atoms with E-state index in [0.717, 1.165) is 5.56 Å². The molecule has 1 amide bonds. The zero-order chi connectivity index (χ0) is 17.8. The lowest BCUT2D eigenvalue weighted by molar-refractivity contribution is -0.157. The van der Waals surface area contributed by atoms with E-state index in [1.165, 1.54) is 5.56 Å². The van der Waals surface area contributed by atoms with Gasteiger partial charge in [0.2, 0.25) is 5.91 Å². The van der Waals surface area contributed by atoms with Gasteiger partial charge in [-0.25, -0.2) is 0 Å². The van der Waals surface area contributed by atoms with Gasteiger partial charge >= 0.3 is 5.97 Å². The van der Waals surface area contributed by atoms with Crippen molar-refractivity contribution in [1.29, 1.82) is 0 Å². The van der Waals surface area contributed by atoms with Gasteiger partial charge in [-0.15, -0.1) is 0 Å². The lowest BCUT2D eigenvalue weighted by Gasteiger charge is -2.23. The highest BCUT2D eigenvalue weighted by molar-refractivity contribution is 5.91. The molecule has 0 unspecified atom stereocenters. The zero-order valence-corrected chi connectivity index (χ0v) is 14.8. The number of benzene rings is 1. The third-order valence-corrected chi connectivity index (χ3v) is 5.30. The average molecular weight is 341 g/mol. The maximum absolute atomic E-state index is 13.0. The lowest BCUT2D eigenvalue weighted by Crippen LogP contribution is -2.40. The van der Waals surface area contributed by atoms with Crippen LogP contribution in [-0.2, 0) is 25.6 Å². The Bertz CT molecular complexity index is 739. The maximum atomic E-state index is 13.0. The van der Waals surface area contributed by atoms with Crippen LogP contribution in [0.25, 0.3) is 0 Å². The minimum absolute atomic E-state index is 0.0156. The summed E-state index contributed by atoms with van der Waals surface area (Å²) >= 11 is 0. The van der Waals surface area contributed by atoms with Crippen LogP contribution in [0, 0.1) is 18.8 Å². The van der Waals surface area contributed by atoms with Crippen molar-refractivity contribution in [3.8, 4) is 0 Å². The van der Waals surface area contributed by atoms with Crippen molar-refractivity contribution < 1.29 is 19.1 Å². The largest absolute Gasteiger partial charge is 0.463 e. The number of nitrogens with zero attached hydrogens (tertiary/aromatic N) is 1. The summed E-state index contributed by atoms with van der Waals surface area (Å²) < 4.78 is 11.5. The highest BCUT2D eigenvalue weighted by atomic mass is 16.6. The first kappa shape index (κ1) is 16.3. The maximum Gasteiger partial charge on any atom is 0.313 e. The molecule has 4 rings (SSSR count). The average Bonchev–Trinajstić information content (AvgIpc) is 3.18. The number of amides is 1. The molecule has 0 aliphatic carbocycles. The number of carbonyl (C=O) groups is 2. The number of hydrogen-bond donors (Lipinski definition) is 0. The fraction of sp³-hybridized carbons (Fsp3) is 0.500. The zero-order valence-electron chi connectivity index (χ0n) is 14.8. The smallest absolute Gasteiger partial charge is 0.313 e. The van der Waals surface area contributed by atoms with Crippen LogP contribution < -0.4 is 0 Å². The van der Waals surface area contributed by atoms with Crippen LogP contribution in [-0.4, -0.2) is 41.1 Å². The minimum atomic E-state index is -0.673. The molecule has 0 radical (unpaired) electrons. The number of rotatable bonds is 4. The summed E-state index contributed by atoms with van der Waals surface area (Å²) in [7, 11) is 0. The Morgan fingerprint density at radius 3 is 2.76 bits per heavy atom. The second kappa shape index (κ2) is 5.70. The molecule has 1 aromatic carbocycles. The molecule has 0 aromatic heterocycles. The topological polar surface area (TPSA) is 55.8 Å². The van der Waals surface area contributed by atoms with E-state index in [1.54, 1.807) is 4.90 Å². The Kier molecular flexibility index (Phi) is 3.72. The van der Waals surface area contributed by atoms with Crippen LogP contribution in [0.1, 0.15) is 25.0 Å². The van der Waals surface area contributed by atoms with E-state index < -0.39 is 17.4 Å². The number of hydrogen-bond acceptors (Lipinski definition) is 4. The second-order valence-electron chi connectivity index (χ2n) is 7.57. The van der Waals surface area contributed by atoms with Crippen molar-refractivity contribution in [3.05, 3.63) is 47.5 Å². The predicted octanol–water partition coefficient (Wildman–Crippen LogP) is 2.23. The van der Waals surface area contributed by atoms with Gasteiger partial charge in [0.05, 0.1) is 24.7 Å². The first-order valence-corrected chi connectivity index (χ1v) is 8.82. The van der Waals surface area contributed by atoms with E-state index in [4.69, 9.17) is 9.47 Å². The fourth-order valence-corrected chi connectivity index (χ4v) is 4.21. The fourth-order valence-electron chi connectivity index (χ4n) is 4.21. The Labute approximate surface area is 147 Å². The molecule has 3 heterocycles. The van der Waals surface area contributed by atoms with Crippen molar-refractivity contribution in [2.24, 2.45) is 11.8 Å². The monoisotopic (exact) mass is 341 g/mol. The van der Waals surface area contributed by atoms with Gasteiger partial charge in [-0.3, -0.25) is 9.59 Å². The van der Waals surface area contributed by atoms with Crippen molar-refractivity contribution in [2.75, 3.05) is 6.54 Å². The number of fused-ring (bicyclic) bond motifs is 1. The summed E-state index contributed by atoms with van der Waals surface area (Å²) in [5.74, 6) is -1.36. The van der Waals surface area contributed by atoms with Crippen molar-refractivity contribution in [2.45, 2.75) is 45.1 Å². The van der Waals surface area contributed by atoms with Gasteiger partial charge in [-0.1, -0.05) is 42.0 Å². The van der Waals surface area contributed by atoms with Crippen LogP contribution in [0.2, 0.25) is 0 Å². The number of likely N-dealkylation sites (tertiary alicyclic amines) is 1. The molecule has 5 nitrogen and oxygen atoms in total. The quantitative estimate of drug-likeness (QED) is 0.622. The van der Waals surface area contributed by atoms with Crippen molar-refractivity contribution >= 4 is 11.9 Å². The van der Waals surface area contributed by atoms with E-state index in [1.807, 2.05) is 57.2 Å². The Balaban J connectivity index is 1.57. The molecule has 132 valence electrons. The van der Waals surface area contributed by atoms with E-state index >= 15 is 0 Å². The van der Waals surface area contributed by atoms with Crippen LogP contribution >= 0.6 is 0 Å². The van der Waals surface area contributed by atoms with Crippen LogP contribution in [0.5, 0.6) is 0 Å². The van der Waals surface area contributed by atoms with Crippen LogP contribution in [0.3, 0.4) is 0 Å². The molecule has 5 heteroatoms. The number of esters is 1. The molecule has 0 saturated carbocycles. The summed E-state index contributed by atoms with van der Waals surface area (Å²) in [6, 6.07) is 8.15. The summed E-state index contributed by atoms with van der Waals surface area (Å²) in [4.78, 5) is 27.4. The first-order chi connectivity index (χ1) is 11.9. The normalized spacial score (nSPS) is 32.6. The second-order valence-corrected chi connectivity index (χ2v) is 7.57. The van der Waals surface area contributed by atoms with Crippen molar-refractivity contribution in [1.82, 2.24) is 4.90 Å². The molecule has 3 aliphatic heterocycles. The highest BCUT2D eigenvalue weighted by Gasteiger charge is 2.67. The van der Waals surface area contributed by atoms with Gasteiger partial charge in [0, 0.05) is 6.54 Å². The van der Waals surface area contributed by atoms with Gasteiger partial charge in [-0.2, -0.15) is 0 Å². The third-order valence-electron chi connectivity index (χ3n) is 5.30. The lowest BCUT2D eigenvalue weighted by atomic mass is 9.77. The Hall–Kier alpha value is -2.14. The minimum Gasteiger partial charge on any atom is -0.463 e. The molecular weight excluding hydrogens is 318 g/mol. The van der Waals surface area contributed by atoms with Gasteiger partial charge < -0.3 is 14.4 Å². The predicted molar refractivity (Wildman–Crippen MR) is 91.5 cm³/mol. The molecule has 2 saturated heterocycles. The molecule has 4 atom stereocenters. The number of ether oxygens (including phenoxy) is 2. The summed E-state index contributed by atoms with van der Waals surface area (Å²) in [5.41, 5.74) is 1.59. The third kappa shape index (κ3) is 2.58. The summed E-state index contributed by atoms with van der Waals surface area (Å²) in [5, 5.41) is 0. The number of aryl methyl sites for hydroxylation is 1. The van der Waals surface area contributed by atoms with Crippen LogP contribution in [0.4, 0.5) is 0 Å². The molecule has 2 bridgehead atoms. The van der Waals surface area contributed by atoms with E-state index in [0.29, 0.717) is 13.1 Å². The SMILES string of the molecule is Cc1ccc(CN2C[C@]34C=C[C@H](O3)[C@@H](C(=O)OC(C)C)[C@@H]4C2=O)cc1. The molecule has 25 heavy (non-hydrogen) atoms. The number of carbonyl (C=O) groups excluding carboxylic acids is 2. The Morgan fingerprint density at radius 2 is 2.08 bits per heavy atom. The van der Waals surface area contributed by atoms with E-state index in [2.05, 4.69) is 0 Å². The van der Waals surface area contributed by atoms with Crippen molar-refractivity contribution in [3.63, 3.8) is 0 Å². The van der Waals surface area contributed by atoms with Crippen LogP contribution in [0.15, 0.2) is 36.4 Å². The standard InChI is InChI=1S/C20H23NO4/c1-12(2)24-19(23)16-15-8-9-20(25-15)11-21(18(22)17(16)20)10-14-6-4-13(3)5-7-14/h4-9,12,15-17H,10-11H2,1-3H3/t15-,16+,17+,20-/m0/s1. The Morgan fingerprint density at radius 1 is 1.36 bits per heavy atom. The van der Waals surface area contributed by atoms with Gasteiger partial charge in [0.15, 0.2) is 0 Å². The summed E-state index contributed by atoms with van der Waals surface area (Å²) in [6.07, 6.45) is 3.33. The molecule has 1 spiro atoms. The van der Waals surface area contributed by atoms with E-state index in [9.17, 15) is 9.59 Å².